The highest BCUT2D eigenvalue weighted by Gasteiger charge is 2.00. The van der Waals surface area contributed by atoms with Crippen molar-refractivity contribution in [3.8, 4) is 0 Å². The van der Waals surface area contributed by atoms with Gasteiger partial charge in [-0.3, -0.25) is 0 Å². The maximum Gasteiger partial charge on any atom is 0.0343 e. The summed E-state index contributed by atoms with van der Waals surface area (Å²) in [6, 6.07) is 8.37. The normalized spacial score (nSPS) is 12.4. The summed E-state index contributed by atoms with van der Waals surface area (Å²) >= 11 is 1.95. The fourth-order valence-electron chi connectivity index (χ4n) is 1.20. The molecule has 0 heterocycles. The van der Waals surface area contributed by atoms with Crippen LogP contribution in [0.1, 0.15) is 13.8 Å². The SMILES string of the molecule is CCSCC(C)Nc1ccc(N)cc1. The highest BCUT2D eigenvalue weighted by molar-refractivity contribution is 7.99. The summed E-state index contributed by atoms with van der Waals surface area (Å²) in [5.74, 6) is 2.31. The Morgan fingerprint density at radius 2 is 2.00 bits per heavy atom. The number of anilines is 2. The van der Waals surface area contributed by atoms with E-state index in [2.05, 4.69) is 19.2 Å². The summed E-state index contributed by atoms with van der Waals surface area (Å²) in [6.45, 7) is 4.37. The van der Waals surface area contributed by atoms with E-state index in [-0.39, 0.29) is 0 Å². The van der Waals surface area contributed by atoms with Crippen molar-refractivity contribution in [2.75, 3.05) is 22.6 Å². The zero-order valence-corrected chi connectivity index (χ0v) is 9.60. The second-order valence-electron chi connectivity index (χ2n) is 3.33. The Balaban J connectivity index is 2.39. The van der Waals surface area contributed by atoms with Gasteiger partial charge in [-0.05, 0) is 36.9 Å². The van der Waals surface area contributed by atoms with Crippen molar-refractivity contribution in [3.05, 3.63) is 24.3 Å². The van der Waals surface area contributed by atoms with E-state index in [1.54, 1.807) is 0 Å². The van der Waals surface area contributed by atoms with Crippen LogP contribution in [0, 0.1) is 0 Å². The number of benzene rings is 1. The van der Waals surface area contributed by atoms with Gasteiger partial charge in [-0.1, -0.05) is 6.92 Å². The Bertz CT molecular complexity index is 258. The maximum absolute atomic E-state index is 5.61. The molecule has 0 bridgehead atoms. The molecular formula is C11H18N2S. The Labute approximate surface area is 90.3 Å². The Morgan fingerprint density at radius 1 is 1.36 bits per heavy atom. The third kappa shape index (κ3) is 3.92. The third-order valence-corrected chi connectivity index (χ3v) is 3.04. The van der Waals surface area contributed by atoms with E-state index < -0.39 is 0 Å². The first-order valence-corrected chi connectivity index (χ1v) is 6.07. The predicted molar refractivity (Wildman–Crippen MR) is 66.9 cm³/mol. The van der Waals surface area contributed by atoms with E-state index in [4.69, 9.17) is 5.73 Å². The largest absolute Gasteiger partial charge is 0.399 e. The van der Waals surface area contributed by atoms with Gasteiger partial charge in [-0.15, -0.1) is 0 Å². The van der Waals surface area contributed by atoms with Crippen LogP contribution >= 0.6 is 11.8 Å². The number of nitrogen functional groups attached to an aromatic ring is 1. The molecule has 0 saturated carbocycles. The molecule has 1 atom stereocenters. The number of nitrogens with one attached hydrogen (secondary N) is 1. The van der Waals surface area contributed by atoms with Crippen LogP contribution in [0.15, 0.2) is 24.3 Å². The summed E-state index contributed by atoms with van der Waals surface area (Å²) in [4.78, 5) is 0. The van der Waals surface area contributed by atoms with E-state index in [0.717, 1.165) is 17.1 Å². The van der Waals surface area contributed by atoms with Gasteiger partial charge in [0.05, 0.1) is 0 Å². The average Bonchev–Trinajstić information content (AvgIpc) is 2.18. The molecular weight excluding hydrogens is 192 g/mol. The van der Waals surface area contributed by atoms with Crippen LogP contribution in [0.3, 0.4) is 0 Å². The van der Waals surface area contributed by atoms with Crippen LogP contribution < -0.4 is 11.1 Å². The lowest BCUT2D eigenvalue weighted by Gasteiger charge is -2.14. The summed E-state index contributed by atoms with van der Waals surface area (Å²) < 4.78 is 0. The van der Waals surface area contributed by atoms with Crippen LogP contribution in [0.25, 0.3) is 0 Å². The Morgan fingerprint density at radius 3 is 2.57 bits per heavy atom. The Kier molecular flexibility index (Phi) is 4.66. The molecule has 0 spiro atoms. The van der Waals surface area contributed by atoms with E-state index in [9.17, 15) is 0 Å². The lowest BCUT2D eigenvalue weighted by molar-refractivity contribution is 0.913. The van der Waals surface area contributed by atoms with Crippen molar-refractivity contribution < 1.29 is 0 Å². The molecule has 3 N–H and O–H groups in total. The minimum atomic E-state index is 0.503. The molecule has 1 aromatic rings. The quantitative estimate of drug-likeness (QED) is 0.734. The van der Waals surface area contributed by atoms with Crippen LogP contribution in [0.4, 0.5) is 11.4 Å². The molecule has 14 heavy (non-hydrogen) atoms. The molecule has 0 amide bonds. The van der Waals surface area contributed by atoms with E-state index >= 15 is 0 Å². The number of hydrogen-bond donors (Lipinski definition) is 2. The maximum atomic E-state index is 5.61. The van der Waals surface area contributed by atoms with Gasteiger partial charge in [0.2, 0.25) is 0 Å². The number of nitrogens with two attached hydrogens (primary N) is 1. The fourth-order valence-corrected chi connectivity index (χ4v) is 1.87. The van der Waals surface area contributed by atoms with Crippen LogP contribution in [-0.2, 0) is 0 Å². The third-order valence-electron chi connectivity index (χ3n) is 1.90. The summed E-state index contributed by atoms with van der Waals surface area (Å²) in [5, 5.41) is 3.43. The smallest absolute Gasteiger partial charge is 0.0343 e. The first kappa shape index (κ1) is 11.2. The van der Waals surface area contributed by atoms with Gasteiger partial charge in [0, 0.05) is 23.2 Å². The molecule has 1 unspecified atom stereocenters. The summed E-state index contributed by atoms with van der Waals surface area (Å²) in [5.41, 5.74) is 7.56. The molecule has 0 radical (unpaired) electrons. The highest BCUT2D eigenvalue weighted by Crippen LogP contribution is 2.13. The molecule has 0 aromatic heterocycles. The van der Waals surface area contributed by atoms with Gasteiger partial charge in [0.1, 0.15) is 0 Å². The zero-order valence-electron chi connectivity index (χ0n) is 8.79. The highest BCUT2D eigenvalue weighted by atomic mass is 32.2. The van der Waals surface area contributed by atoms with Crippen molar-refractivity contribution in [1.82, 2.24) is 0 Å². The molecule has 0 aliphatic heterocycles. The zero-order chi connectivity index (χ0) is 10.4. The lowest BCUT2D eigenvalue weighted by Crippen LogP contribution is -2.17. The van der Waals surface area contributed by atoms with Gasteiger partial charge < -0.3 is 11.1 Å². The second-order valence-corrected chi connectivity index (χ2v) is 4.65. The number of hydrogen-bond acceptors (Lipinski definition) is 3. The standard InChI is InChI=1S/C11H18N2S/c1-3-14-8-9(2)13-11-6-4-10(12)5-7-11/h4-7,9,13H,3,8,12H2,1-2H3. The summed E-state index contributed by atoms with van der Waals surface area (Å²) in [6.07, 6.45) is 0. The fraction of sp³-hybridized carbons (Fsp3) is 0.455. The van der Waals surface area contributed by atoms with Crippen molar-refractivity contribution >= 4 is 23.1 Å². The number of thioether (sulfide) groups is 1. The molecule has 78 valence electrons. The average molecular weight is 210 g/mol. The van der Waals surface area contributed by atoms with E-state index in [0.29, 0.717) is 6.04 Å². The van der Waals surface area contributed by atoms with Crippen molar-refractivity contribution in [3.63, 3.8) is 0 Å². The first-order chi connectivity index (χ1) is 6.72. The lowest BCUT2D eigenvalue weighted by atomic mass is 10.2. The van der Waals surface area contributed by atoms with Crippen LogP contribution in [-0.4, -0.2) is 17.5 Å². The first-order valence-electron chi connectivity index (χ1n) is 4.92. The van der Waals surface area contributed by atoms with E-state index in [1.165, 1.54) is 5.75 Å². The van der Waals surface area contributed by atoms with Crippen molar-refractivity contribution in [2.24, 2.45) is 0 Å². The predicted octanol–water partition coefficient (Wildman–Crippen LogP) is 2.82. The molecule has 2 nitrogen and oxygen atoms in total. The van der Waals surface area contributed by atoms with Crippen molar-refractivity contribution in [2.45, 2.75) is 19.9 Å². The van der Waals surface area contributed by atoms with Crippen molar-refractivity contribution in [1.29, 1.82) is 0 Å². The summed E-state index contributed by atoms with van der Waals surface area (Å²) in [7, 11) is 0. The molecule has 1 aromatic carbocycles. The minimum Gasteiger partial charge on any atom is -0.399 e. The monoisotopic (exact) mass is 210 g/mol. The van der Waals surface area contributed by atoms with Gasteiger partial charge in [-0.2, -0.15) is 11.8 Å². The second kappa shape index (κ2) is 5.81. The van der Waals surface area contributed by atoms with Gasteiger partial charge in [-0.25, -0.2) is 0 Å². The molecule has 0 aliphatic rings. The van der Waals surface area contributed by atoms with Crippen LogP contribution in [0.2, 0.25) is 0 Å². The molecule has 0 fully saturated rings. The number of rotatable bonds is 5. The Hall–Kier alpha value is -0.830. The topological polar surface area (TPSA) is 38.0 Å². The minimum absolute atomic E-state index is 0.503. The van der Waals surface area contributed by atoms with E-state index in [1.807, 2.05) is 36.0 Å². The molecule has 0 saturated heterocycles. The van der Waals surface area contributed by atoms with Gasteiger partial charge in [0.15, 0.2) is 0 Å². The molecule has 1 rings (SSSR count). The molecule has 0 aliphatic carbocycles. The van der Waals surface area contributed by atoms with Gasteiger partial charge >= 0.3 is 0 Å². The van der Waals surface area contributed by atoms with Crippen LogP contribution in [0.5, 0.6) is 0 Å². The van der Waals surface area contributed by atoms with Gasteiger partial charge in [0.25, 0.3) is 0 Å². The molecule has 3 heteroatoms.